The van der Waals surface area contributed by atoms with Gasteiger partial charge in [0.05, 0.1) is 12.2 Å². The minimum Gasteiger partial charge on any atom is -0.378 e. The van der Waals surface area contributed by atoms with E-state index in [4.69, 9.17) is 14.0 Å². The normalized spacial score (nSPS) is 41.1. The van der Waals surface area contributed by atoms with Gasteiger partial charge in [0.25, 0.3) is 0 Å². The van der Waals surface area contributed by atoms with Gasteiger partial charge in [-0.25, -0.2) is 0 Å². The van der Waals surface area contributed by atoms with Gasteiger partial charge in [0, 0.05) is 7.11 Å². The Kier molecular flexibility index (Phi) is 3.83. The molecule has 4 aliphatic rings. The number of halogens is 2. The minimum atomic E-state index is -5.43. The Morgan fingerprint density at radius 3 is 2.32 bits per heavy atom. The predicted octanol–water partition coefficient (Wildman–Crippen LogP) is 2.47. The summed E-state index contributed by atoms with van der Waals surface area (Å²) in [5, 5.41) is -4.26. The highest BCUT2D eigenvalue weighted by Gasteiger charge is 2.58. The van der Waals surface area contributed by atoms with Crippen LogP contribution < -0.4 is 0 Å². The van der Waals surface area contributed by atoms with Crippen LogP contribution in [0, 0.1) is 17.3 Å². The van der Waals surface area contributed by atoms with E-state index in [9.17, 15) is 17.2 Å². The molecule has 0 aromatic heterocycles. The van der Waals surface area contributed by atoms with Crippen LogP contribution in [-0.2, 0) is 19.6 Å². The monoisotopic (exact) mass is 340 g/mol. The molecule has 8 heteroatoms. The zero-order valence-corrected chi connectivity index (χ0v) is 13.4. The van der Waals surface area contributed by atoms with E-state index in [1.54, 1.807) is 7.11 Å². The van der Waals surface area contributed by atoms with E-state index in [0.29, 0.717) is 11.8 Å². The van der Waals surface area contributed by atoms with Crippen molar-refractivity contribution in [3.8, 4) is 0 Å². The van der Waals surface area contributed by atoms with Crippen molar-refractivity contribution in [1.82, 2.24) is 0 Å². The van der Waals surface area contributed by atoms with Crippen molar-refractivity contribution >= 4 is 10.1 Å². The van der Waals surface area contributed by atoms with Gasteiger partial charge >= 0.3 is 15.4 Å². The minimum absolute atomic E-state index is 0.0935. The predicted molar refractivity (Wildman–Crippen MR) is 74.2 cm³/mol. The molecular weight excluding hydrogens is 318 g/mol. The van der Waals surface area contributed by atoms with Crippen molar-refractivity contribution < 1.29 is 31.2 Å². The molecule has 0 spiro atoms. The summed E-state index contributed by atoms with van der Waals surface area (Å²) < 4.78 is 67.0. The number of methoxy groups -OCH3 is 1. The molecular formula is C14H22F2O5S. The number of alkyl halides is 2. The second-order valence-electron chi connectivity index (χ2n) is 7.45. The fraction of sp³-hybridized carbons (Fsp3) is 1.00. The molecule has 1 N–H and O–H groups in total. The van der Waals surface area contributed by atoms with E-state index in [-0.39, 0.29) is 17.6 Å². The first-order chi connectivity index (χ1) is 10.1. The Morgan fingerprint density at radius 2 is 1.82 bits per heavy atom. The Labute approximate surface area is 129 Å². The molecule has 4 rings (SSSR count). The molecule has 2 unspecified atom stereocenters. The Morgan fingerprint density at radius 1 is 1.23 bits per heavy atom. The van der Waals surface area contributed by atoms with Crippen LogP contribution in [0.1, 0.15) is 38.5 Å². The van der Waals surface area contributed by atoms with Gasteiger partial charge in [-0.05, 0) is 55.8 Å². The second kappa shape index (κ2) is 5.09. The highest BCUT2D eigenvalue weighted by molar-refractivity contribution is 7.86. The third-order valence-corrected chi connectivity index (χ3v) is 6.49. The SMILES string of the molecule is COC12CC3CC(CC(COCC(F)(F)S(=O)(=O)O)(C3)C1)C2. The summed E-state index contributed by atoms with van der Waals surface area (Å²) in [5.41, 5.74) is -0.367. The molecule has 4 fully saturated rings. The summed E-state index contributed by atoms with van der Waals surface area (Å²) in [4.78, 5) is 0. The standard InChI is InChI=1S/C14H22F2O5S/c1-20-13-5-10-2-11(6-13)4-12(3-10,7-13)8-21-9-14(15,16)22(17,18)19/h10-11H,2-9H2,1H3,(H,17,18,19). The molecule has 4 bridgehead atoms. The smallest absolute Gasteiger partial charge is 0.378 e. The van der Waals surface area contributed by atoms with Crippen molar-refractivity contribution in [3.63, 3.8) is 0 Å². The molecule has 0 aliphatic heterocycles. The van der Waals surface area contributed by atoms with Gasteiger partial charge in [-0.3, -0.25) is 4.55 Å². The lowest BCUT2D eigenvalue weighted by Gasteiger charge is -2.61. The van der Waals surface area contributed by atoms with Crippen LogP contribution in [0.2, 0.25) is 0 Å². The molecule has 0 saturated heterocycles. The zero-order chi connectivity index (χ0) is 16.2. The molecule has 0 aromatic carbocycles. The summed E-state index contributed by atoms with van der Waals surface area (Å²) in [6.45, 7) is -1.21. The quantitative estimate of drug-likeness (QED) is 0.752. The average Bonchev–Trinajstić information content (AvgIpc) is 2.35. The highest BCUT2D eigenvalue weighted by Crippen LogP contribution is 2.62. The molecule has 4 saturated carbocycles. The Hall–Kier alpha value is -0.310. The largest absolute Gasteiger partial charge is 0.392 e. The molecule has 22 heavy (non-hydrogen) atoms. The van der Waals surface area contributed by atoms with E-state index in [0.717, 1.165) is 38.5 Å². The first-order valence-electron chi connectivity index (χ1n) is 7.57. The summed E-state index contributed by atoms with van der Waals surface area (Å²) in [6.07, 6.45) is 5.82. The fourth-order valence-electron chi connectivity index (χ4n) is 5.23. The van der Waals surface area contributed by atoms with Crippen LogP contribution in [0.5, 0.6) is 0 Å². The second-order valence-corrected chi connectivity index (χ2v) is 9.00. The van der Waals surface area contributed by atoms with Gasteiger partial charge in [-0.2, -0.15) is 17.2 Å². The summed E-state index contributed by atoms with van der Waals surface area (Å²) in [7, 11) is -3.73. The lowest BCUT2D eigenvalue weighted by atomic mass is 9.48. The lowest BCUT2D eigenvalue weighted by Crippen LogP contribution is -2.58. The van der Waals surface area contributed by atoms with Crippen LogP contribution in [0.4, 0.5) is 8.78 Å². The molecule has 0 radical (unpaired) electrons. The van der Waals surface area contributed by atoms with Crippen LogP contribution in [0.25, 0.3) is 0 Å². The molecule has 4 aliphatic carbocycles. The van der Waals surface area contributed by atoms with Crippen LogP contribution in [0.15, 0.2) is 0 Å². The maximum Gasteiger partial charge on any atom is 0.392 e. The fourth-order valence-corrected chi connectivity index (χ4v) is 5.47. The van der Waals surface area contributed by atoms with Gasteiger partial charge in [0.15, 0.2) is 0 Å². The van der Waals surface area contributed by atoms with Gasteiger partial charge in [0.1, 0.15) is 6.61 Å². The van der Waals surface area contributed by atoms with Crippen molar-refractivity contribution in [2.24, 2.45) is 17.3 Å². The molecule has 2 atom stereocenters. The maximum atomic E-state index is 13.2. The first-order valence-corrected chi connectivity index (χ1v) is 9.01. The van der Waals surface area contributed by atoms with Gasteiger partial charge in [-0.15, -0.1) is 0 Å². The highest BCUT2D eigenvalue weighted by atomic mass is 32.2. The number of ether oxygens (including phenoxy) is 2. The van der Waals surface area contributed by atoms with Gasteiger partial charge in [-0.1, -0.05) is 0 Å². The van der Waals surface area contributed by atoms with E-state index in [2.05, 4.69) is 0 Å². The van der Waals surface area contributed by atoms with E-state index < -0.39 is 22.0 Å². The number of hydrogen-bond donors (Lipinski definition) is 1. The molecule has 5 nitrogen and oxygen atoms in total. The third-order valence-electron chi connectivity index (χ3n) is 5.62. The Bertz CT molecular complexity index is 533. The summed E-state index contributed by atoms with van der Waals surface area (Å²) >= 11 is 0. The number of hydrogen-bond acceptors (Lipinski definition) is 4. The van der Waals surface area contributed by atoms with Crippen LogP contribution >= 0.6 is 0 Å². The lowest BCUT2D eigenvalue weighted by molar-refractivity contribution is -0.198. The molecule has 0 aromatic rings. The summed E-state index contributed by atoms with van der Waals surface area (Å²) in [6, 6.07) is 0. The average molecular weight is 340 g/mol. The number of rotatable bonds is 6. The van der Waals surface area contributed by atoms with E-state index in [1.807, 2.05) is 0 Å². The molecule has 128 valence electrons. The van der Waals surface area contributed by atoms with Crippen molar-refractivity contribution in [3.05, 3.63) is 0 Å². The maximum absolute atomic E-state index is 13.2. The van der Waals surface area contributed by atoms with Crippen molar-refractivity contribution in [1.29, 1.82) is 0 Å². The Balaban J connectivity index is 1.66. The molecule has 0 amide bonds. The summed E-state index contributed by atoms with van der Waals surface area (Å²) in [5.74, 6) is 1.07. The zero-order valence-electron chi connectivity index (χ0n) is 12.6. The van der Waals surface area contributed by atoms with Gasteiger partial charge in [0.2, 0.25) is 0 Å². The van der Waals surface area contributed by atoms with Crippen LogP contribution in [-0.4, -0.2) is 44.1 Å². The van der Waals surface area contributed by atoms with Crippen LogP contribution in [0.3, 0.4) is 0 Å². The van der Waals surface area contributed by atoms with E-state index >= 15 is 0 Å². The van der Waals surface area contributed by atoms with Crippen molar-refractivity contribution in [2.45, 2.75) is 49.4 Å². The van der Waals surface area contributed by atoms with Crippen molar-refractivity contribution in [2.75, 3.05) is 20.3 Å². The van der Waals surface area contributed by atoms with Gasteiger partial charge < -0.3 is 9.47 Å². The topological polar surface area (TPSA) is 72.8 Å². The first kappa shape index (κ1) is 16.5. The molecule has 0 heterocycles. The van der Waals surface area contributed by atoms with E-state index in [1.165, 1.54) is 0 Å². The third kappa shape index (κ3) is 2.79.